The Hall–Kier alpha value is -3.45. The van der Waals surface area contributed by atoms with Crippen molar-refractivity contribution in [3.8, 4) is 0 Å². The number of aromatic nitrogens is 3. The molecule has 2 fully saturated rings. The summed E-state index contributed by atoms with van der Waals surface area (Å²) in [5.74, 6) is -3.64. The van der Waals surface area contributed by atoms with Gasteiger partial charge in [0.05, 0.1) is 19.3 Å². The van der Waals surface area contributed by atoms with E-state index in [2.05, 4.69) is 9.88 Å². The summed E-state index contributed by atoms with van der Waals surface area (Å²) in [6.07, 6.45) is 4.75. The monoisotopic (exact) mass is 538 g/mol. The first-order chi connectivity index (χ1) is 18.1. The number of benzene rings is 1. The van der Waals surface area contributed by atoms with Crippen molar-refractivity contribution in [3.05, 3.63) is 62.4 Å². The molecule has 2 aliphatic rings. The normalized spacial score (nSPS) is 20.6. The summed E-state index contributed by atoms with van der Waals surface area (Å²) in [4.78, 5) is 49.2. The van der Waals surface area contributed by atoms with Crippen molar-refractivity contribution in [2.45, 2.75) is 76.9 Å². The number of aliphatic carboxylic acids is 2. The number of carbonyl (C=O) groups is 2. The quantitative estimate of drug-likeness (QED) is 0.455. The van der Waals surface area contributed by atoms with Gasteiger partial charge < -0.3 is 14.9 Å². The van der Waals surface area contributed by atoms with Crippen molar-refractivity contribution in [3.63, 3.8) is 0 Å². The summed E-state index contributed by atoms with van der Waals surface area (Å²) < 4.78 is 34.9. The molecule has 1 aromatic heterocycles. The largest absolute Gasteiger partial charge is 0.473 e. The Bertz CT molecular complexity index is 1220. The summed E-state index contributed by atoms with van der Waals surface area (Å²) in [7, 11) is 0. The van der Waals surface area contributed by atoms with Gasteiger partial charge in [0.2, 0.25) is 0 Å². The molecule has 38 heavy (non-hydrogen) atoms. The van der Waals surface area contributed by atoms with Crippen LogP contribution in [0.2, 0.25) is 0 Å². The zero-order valence-electron chi connectivity index (χ0n) is 21.1. The number of ether oxygens (including phenoxy) is 1. The Labute approximate surface area is 217 Å². The van der Waals surface area contributed by atoms with Crippen LogP contribution >= 0.6 is 0 Å². The number of halogens is 2. The Morgan fingerprint density at radius 3 is 2.24 bits per heavy atom. The van der Waals surface area contributed by atoms with E-state index in [1.165, 1.54) is 10.6 Å². The summed E-state index contributed by atoms with van der Waals surface area (Å²) in [5.41, 5.74) is -0.493. The van der Waals surface area contributed by atoms with E-state index in [1.54, 1.807) is 19.1 Å². The van der Waals surface area contributed by atoms with Crippen LogP contribution in [0.1, 0.15) is 43.5 Å². The van der Waals surface area contributed by atoms with E-state index in [0.717, 1.165) is 36.8 Å². The van der Waals surface area contributed by atoms with Gasteiger partial charge in [-0.3, -0.25) is 9.47 Å². The minimum atomic E-state index is -1.82. The number of alkyl halides is 1. The average molecular weight is 539 g/mol. The molecular weight excluding hydrogens is 506 g/mol. The molecule has 13 heteroatoms. The third-order valence-electron chi connectivity index (χ3n) is 6.90. The number of carboxylic acids is 2. The third-order valence-corrected chi connectivity index (χ3v) is 6.90. The molecule has 4 rings (SSSR count). The second kappa shape index (κ2) is 13.4. The number of fused-ring (bicyclic) bond motifs is 2. The number of piperidine rings is 1. The van der Waals surface area contributed by atoms with Crippen LogP contribution in [0.25, 0.3) is 0 Å². The van der Waals surface area contributed by atoms with Gasteiger partial charge in [-0.25, -0.2) is 32.5 Å². The van der Waals surface area contributed by atoms with E-state index >= 15 is 0 Å². The van der Waals surface area contributed by atoms with E-state index in [0.29, 0.717) is 24.1 Å². The molecule has 3 heterocycles. The highest BCUT2D eigenvalue weighted by atomic mass is 19.1. The van der Waals surface area contributed by atoms with Gasteiger partial charge >= 0.3 is 23.3 Å². The first kappa shape index (κ1) is 29.1. The number of carboxylic acid groups (broad SMARTS) is 2. The highest BCUT2D eigenvalue weighted by Gasteiger charge is 2.40. The van der Waals surface area contributed by atoms with E-state index in [-0.39, 0.29) is 37.4 Å². The zero-order valence-corrected chi connectivity index (χ0v) is 21.1. The van der Waals surface area contributed by atoms with Gasteiger partial charge in [-0.1, -0.05) is 18.2 Å². The molecule has 2 atom stereocenters. The van der Waals surface area contributed by atoms with E-state index in [9.17, 15) is 18.4 Å². The van der Waals surface area contributed by atoms with Gasteiger partial charge in [-0.15, -0.1) is 0 Å². The molecule has 0 spiro atoms. The summed E-state index contributed by atoms with van der Waals surface area (Å²) >= 11 is 0. The minimum Gasteiger partial charge on any atom is -0.473 e. The predicted molar refractivity (Wildman–Crippen MR) is 131 cm³/mol. The van der Waals surface area contributed by atoms with Gasteiger partial charge in [-0.05, 0) is 45.1 Å². The average Bonchev–Trinajstić information content (AvgIpc) is 3.10. The van der Waals surface area contributed by atoms with E-state index < -0.39 is 30.0 Å². The predicted octanol–water partition coefficient (Wildman–Crippen LogP) is 1.58. The van der Waals surface area contributed by atoms with Crippen LogP contribution < -0.4 is 11.4 Å². The summed E-state index contributed by atoms with van der Waals surface area (Å²) in [6.45, 7) is 2.09. The van der Waals surface area contributed by atoms with Crippen LogP contribution in [-0.2, 0) is 34.0 Å². The van der Waals surface area contributed by atoms with Crippen molar-refractivity contribution in [2.75, 3.05) is 13.2 Å². The first-order valence-corrected chi connectivity index (χ1v) is 12.4. The zero-order chi connectivity index (χ0) is 27.8. The third kappa shape index (κ3) is 7.32. The number of hydrogen-bond donors (Lipinski definition) is 2. The molecule has 2 unspecified atom stereocenters. The molecule has 0 aliphatic carbocycles. The van der Waals surface area contributed by atoms with Crippen molar-refractivity contribution in [1.29, 1.82) is 0 Å². The molecule has 208 valence electrons. The molecule has 2 N–H and O–H groups in total. The van der Waals surface area contributed by atoms with Crippen LogP contribution in [0.4, 0.5) is 8.78 Å². The Balaban J connectivity index is 0.000000599. The Morgan fingerprint density at radius 1 is 1.03 bits per heavy atom. The molecule has 0 saturated carbocycles. The van der Waals surface area contributed by atoms with Crippen molar-refractivity contribution in [2.24, 2.45) is 0 Å². The van der Waals surface area contributed by atoms with Crippen LogP contribution in [0, 0.1) is 12.7 Å². The lowest BCUT2D eigenvalue weighted by Crippen LogP contribution is -2.47. The maximum Gasteiger partial charge on any atom is 0.414 e. The molecular formula is C25H32F2N4O7. The maximum atomic E-state index is 13.8. The number of aryl methyl sites for hydroxylation is 1. The van der Waals surface area contributed by atoms with Crippen molar-refractivity contribution < 1.29 is 33.3 Å². The number of rotatable bonds is 9. The standard InChI is InChI=1S/C23H30F2N4O3.C2H2O4/c1-16-26-22(30)29(23(31)27(16)12-9-24)11-4-10-28-18-7-8-19(28)14-20(13-18)32-15-17-5-2-3-6-21(17)25;3-1(4)2(5)6/h2-3,5-6,18-20H,4,7-15H2,1H3;(H,3,4)(H,5,6). The molecule has 2 bridgehead atoms. The number of nitrogens with zero attached hydrogens (tertiary/aromatic N) is 4. The fraction of sp³-hybridized carbons (Fsp3) is 0.560. The molecule has 2 aliphatic heterocycles. The van der Waals surface area contributed by atoms with Crippen LogP contribution in [-0.4, -0.2) is 72.6 Å². The molecule has 0 radical (unpaired) electrons. The van der Waals surface area contributed by atoms with Gasteiger partial charge in [0, 0.05) is 30.7 Å². The van der Waals surface area contributed by atoms with Gasteiger partial charge in [-0.2, -0.15) is 4.98 Å². The highest BCUT2D eigenvalue weighted by molar-refractivity contribution is 6.27. The SMILES string of the molecule is Cc1nc(=O)n(CCCN2C3CCC2CC(OCc2ccccc2F)C3)c(=O)n1CCF.O=C(O)C(=O)O. The minimum absolute atomic E-state index is 0.0948. The highest BCUT2D eigenvalue weighted by Crippen LogP contribution is 2.37. The van der Waals surface area contributed by atoms with Crippen LogP contribution in [0.3, 0.4) is 0 Å². The lowest BCUT2D eigenvalue weighted by Gasteiger charge is -2.38. The lowest BCUT2D eigenvalue weighted by atomic mass is 9.99. The van der Waals surface area contributed by atoms with Crippen molar-refractivity contribution in [1.82, 2.24) is 19.0 Å². The molecule has 11 nitrogen and oxygen atoms in total. The second-order valence-electron chi connectivity index (χ2n) is 9.30. The van der Waals surface area contributed by atoms with Gasteiger partial charge in [0.25, 0.3) is 0 Å². The Morgan fingerprint density at radius 2 is 1.66 bits per heavy atom. The molecule has 2 aromatic rings. The molecule has 1 aromatic carbocycles. The fourth-order valence-electron chi connectivity index (χ4n) is 5.12. The van der Waals surface area contributed by atoms with Gasteiger partial charge in [0.15, 0.2) is 0 Å². The summed E-state index contributed by atoms with van der Waals surface area (Å²) in [6, 6.07) is 7.49. The second-order valence-corrected chi connectivity index (χ2v) is 9.30. The first-order valence-electron chi connectivity index (χ1n) is 12.4. The fourth-order valence-corrected chi connectivity index (χ4v) is 5.12. The molecule has 0 amide bonds. The summed E-state index contributed by atoms with van der Waals surface area (Å²) in [5, 5.41) is 14.8. The topological polar surface area (TPSA) is 144 Å². The van der Waals surface area contributed by atoms with Gasteiger partial charge in [0.1, 0.15) is 18.3 Å². The van der Waals surface area contributed by atoms with Crippen molar-refractivity contribution >= 4 is 11.9 Å². The Kier molecular flexibility index (Phi) is 10.2. The molecule has 2 saturated heterocycles. The van der Waals surface area contributed by atoms with Crippen LogP contribution in [0.5, 0.6) is 0 Å². The van der Waals surface area contributed by atoms with E-state index in [4.69, 9.17) is 24.5 Å². The lowest BCUT2D eigenvalue weighted by molar-refractivity contribution is -0.159. The van der Waals surface area contributed by atoms with Crippen LogP contribution in [0.15, 0.2) is 33.9 Å². The smallest absolute Gasteiger partial charge is 0.414 e. The maximum absolute atomic E-state index is 13.8. The van der Waals surface area contributed by atoms with E-state index in [1.807, 2.05) is 6.07 Å². The number of hydrogen-bond acceptors (Lipinski definition) is 7.